The van der Waals surface area contributed by atoms with E-state index in [1.807, 2.05) is 35.8 Å². The zero-order valence-corrected chi connectivity index (χ0v) is 16.2. The molecule has 1 aromatic carbocycles. The Morgan fingerprint density at radius 3 is 2.88 bits per heavy atom. The first kappa shape index (κ1) is 18.5. The van der Waals surface area contributed by atoms with Gasteiger partial charge in [0, 0.05) is 5.02 Å². The SMILES string of the molecule is CCOC(=O)[C@H](C)Sc1nnc(-c2ccco2)n1-c1cc(Cl)ccc1C. The van der Waals surface area contributed by atoms with E-state index in [0.29, 0.717) is 28.4 Å². The summed E-state index contributed by atoms with van der Waals surface area (Å²) in [6.45, 7) is 5.86. The standard InChI is InChI=1S/C18H18ClN3O3S/c1-4-24-17(23)12(3)26-18-21-20-16(15-6-5-9-25-15)22(18)14-10-13(19)8-7-11(14)2/h5-10,12H,4H2,1-3H3/t12-/m0/s1. The van der Waals surface area contributed by atoms with E-state index in [1.165, 1.54) is 11.8 Å². The van der Waals surface area contributed by atoms with Crippen molar-refractivity contribution in [2.24, 2.45) is 0 Å². The lowest BCUT2D eigenvalue weighted by Gasteiger charge is -2.14. The molecule has 0 fully saturated rings. The summed E-state index contributed by atoms with van der Waals surface area (Å²) in [7, 11) is 0. The lowest BCUT2D eigenvalue weighted by molar-refractivity contribution is -0.142. The first-order valence-electron chi connectivity index (χ1n) is 8.10. The van der Waals surface area contributed by atoms with Crippen LogP contribution in [0.25, 0.3) is 17.3 Å². The molecule has 0 aliphatic carbocycles. The molecular formula is C18H18ClN3O3S. The number of carbonyl (C=O) groups is 1. The van der Waals surface area contributed by atoms with Crippen molar-refractivity contribution < 1.29 is 13.9 Å². The van der Waals surface area contributed by atoms with Gasteiger partial charge in [-0.05, 0) is 50.6 Å². The first-order valence-corrected chi connectivity index (χ1v) is 9.36. The van der Waals surface area contributed by atoms with Crippen molar-refractivity contribution in [1.82, 2.24) is 14.8 Å². The van der Waals surface area contributed by atoms with E-state index >= 15 is 0 Å². The molecule has 0 amide bonds. The van der Waals surface area contributed by atoms with Crippen LogP contribution in [0, 0.1) is 6.92 Å². The quantitative estimate of drug-likeness (QED) is 0.454. The van der Waals surface area contributed by atoms with E-state index in [2.05, 4.69) is 10.2 Å². The summed E-state index contributed by atoms with van der Waals surface area (Å²) < 4.78 is 12.4. The number of nitrogens with zero attached hydrogens (tertiary/aromatic N) is 3. The molecule has 26 heavy (non-hydrogen) atoms. The number of aromatic nitrogens is 3. The molecule has 1 atom stereocenters. The van der Waals surface area contributed by atoms with Gasteiger partial charge in [0.25, 0.3) is 0 Å². The molecule has 2 aromatic heterocycles. The van der Waals surface area contributed by atoms with Gasteiger partial charge in [-0.2, -0.15) is 0 Å². The number of ether oxygens (including phenoxy) is 1. The highest BCUT2D eigenvalue weighted by Crippen LogP contribution is 2.32. The summed E-state index contributed by atoms with van der Waals surface area (Å²) in [6, 6.07) is 9.18. The van der Waals surface area contributed by atoms with E-state index in [1.54, 1.807) is 26.2 Å². The van der Waals surface area contributed by atoms with Crippen LogP contribution in [-0.2, 0) is 9.53 Å². The highest BCUT2D eigenvalue weighted by Gasteiger charge is 2.24. The molecule has 8 heteroatoms. The van der Waals surface area contributed by atoms with E-state index in [4.69, 9.17) is 20.8 Å². The molecule has 0 unspecified atom stereocenters. The van der Waals surface area contributed by atoms with Gasteiger partial charge in [-0.1, -0.05) is 29.4 Å². The van der Waals surface area contributed by atoms with E-state index in [-0.39, 0.29) is 5.97 Å². The third-order valence-corrected chi connectivity index (χ3v) is 4.94. The number of hydrogen-bond donors (Lipinski definition) is 0. The fourth-order valence-electron chi connectivity index (χ4n) is 2.42. The van der Waals surface area contributed by atoms with Gasteiger partial charge in [0.05, 0.1) is 18.6 Å². The van der Waals surface area contributed by atoms with Crippen molar-refractivity contribution in [3.63, 3.8) is 0 Å². The maximum atomic E-state index is 12.0. The molecule has 0 radical (unpaired) electrons. The second-order valence-electron chi connectivity index (χ2n) is 5.56. The van der Waals surface area contributed by atoms with Crippen LogP contribution >= 0.6 is 23.4 Å². The monoisotopic (exact) mass is 391 g/mol. The van der Waals surface area contributed by atoms with Gasteiger partial charge in [-0.25, -0.2) is 0 Å². The molecule has 0 N–H and O–H groups in total. The lowest BCUT2D eigenvalue weighted by atomic mass is 10.2. The normalized spacial score (nSPS) is 12.2. The minimum atomic E-state index is -0.429. The van der Waals surface area contributed by atoms with Gasteiger partial charge >= 0.3 is 5.97 Å². The number of halogens is 1. The van der Waals surface area contributed by atoms with Gasteiger partial charge in [0.1, 0.15) is 5.25 Å². The predicted octanol–water partition coefficient (Wildman–Crippen LogP) is 4.53. The number of esters is 1. The van der Waals surface area contributed by atoms with Crippen LogP contribution < -0.4 is 0 Å². The van der Waals surface area contributed by atoms with Gasteiger partial charge in [-0.3, -0.25) is 9.36 Å². The van der Waals surface area contributed by atoms with Crippen molar-refractivity contribution in [2.75, 3.05) is 6.61 Å². The molecule has 0 spiro atoms. The zero-order valence-electron chi connectivity index (χ0n) is 14.6. The van der Waals surface area contributed by atoms with Crippen LogP contribution in [0.15, 0.2) is 46.2 Å². The maximum absolute atomic E-state index is 12.0. The minimum Gasteiger partial charge on any atom is -0.465 e. The fourth-order valence-corrected chi connectivity index (χ4v) is 3.44. The number of hydrogen-bond acceptors (Lipinski definition) is 6. The first-order chi connectivity index (χ1) is 12.5. The molecule has 2 heterocycles. The second kappa shape index (κ2) is 7.97. The Balaban J connectivity index is 2.08. The van der Waals surface area contributed by atoms with E-state index in [9.17, 15) is 4.79 Å². The van der Waals surface area contributed by atoms with Crippen LogP contribution in [0.1, 0.15) is 19.4 Å². The molecule has 136 valence electrons. The molecule has 3 aromatic rings. The molecule has 0 saturated heterocycles. The minimum absolute atomic E-state index is 0.297. The van der Waals surface area contributed by atoms with E-state index in [0.717, 1.165) is 11.3 Å². The lowest BCUT2D eigenvalue weighted by Crippen LogP contribution is -2.17. The van der Waals surface area contributed by atoms with Crippen molar-refractivity contribution in [1.29, 1.82) is 0 Å². The van der Waals surface area contributed by atoms with Gasteiger partial charge in [0.15, 0.2) is 10.9 Å². The summed E-state index contributed by atoms with van der Waals surface area (Å²) in [6.07, 6.45) is 1.58. The number of rotatable bonds is 6. The Hall–Kier alpha value is -2.25. The Labute approximate surface area is 160 Å². The number of furan rings is 1. The maximum Gasteiger partial charge on any atom is 0.319 e. The predicted molar refractivity (Wildman–Crippen MR) is 101 cm³/mol. The molecule has 0 saturated carbocycles. The van der Waals surface area contributed by atoms with Crippen molar-refractivity contribution in [2.45, 2.75) is 31.2 Å². The van der Waals surface area contributed by atoms with Crippen LogP contribution in [0.5, 0.6) is 0 Å². The smallest absolute Gasteiger partial charge is 0.319 e. The fraction of sp³-hybridized carbons (Fsp3) is 0.278. The van der Waals surface area contributed by atoms with Crippen LogP contribution in [0.2, 0.25) is 5.02 Å². The summed E-state index contributed by atoms with van der Waals surface area (Å²) in [5.41, 5.74) is 1.82. The van der Waals surface area contributed by atoms with Crippen molar-refractivity contribution in [3.8, 4) is 17.3 Å². The summed E-state index contributed by atoms with van der Waals surface area (Å²) >= 11 is 7.48. The van der Waals surface area contributed by atoms with E-state index < -0.39 is 5.25 Å². The summed E-state index contributed by atoms with van der Waals surface area (Å²) in [5.74, 6) is 0.820. The molecule has 6 nitrogen and oxygen atoms in total. The number of thioether (sulfide) groups is 1. The number of benzene rings is 1. The highest BCUT2D eigenvalue weighted by atomic mass is 35.5. The second-order valence-corrected chi connectivity index (χ2v) is 7.31. The average molecular weight is 392 g/mol. The molecule has 0 bridgehead atoms. The Bertz CT molecular complexity index is 909. The highest BCUT2D eigenvalue weighted by molar-refractivity contribution is 8.00. The largest absolute Gasteiger partial charge is 0.465 e. The van der Waals surface area contributed by atoms with Gasteiger partial charge in [0.2, 0.25) is 5.82 Å². The summed E-state index contributed by atoms with van der Waals surface area (Å²) in [4.78, 5) is 12.0. The van der Waals surface area contributed by atoms with Crippen LogP contribution in [0.3, 0.4) is 0 Å². The summed E-state index contributed by atoms with van der Waals surface area (Å²) in [5, 5.41) is 9.26. The Morgan fingerprint density at radius 1 is 1.38 bits per heavy atom. The van der Waals surface area contributed by atoms with Crippen molar-refractivity contribution in [3.05, 3.63) is 47.2 Å². The molecule has 3 rings (SSSR count). The average Bonchev–Trinajstić information content (AvgIpc) is 3.26. The third kappa shape index (κ3) is 3.78. The Morgan fingerprint density at radius 2 is 2.19 bits per heavy atom. The Kier molecular flexibility index (Phi) is 5.68. The van der Waals surface area contributed by atoms with Crippen molar-refractivity contribution >= 4 is 29.3 Å². The van der Waals surface area contributed by atoms with Crippen LogP contribution in [-0.4, -0.2) is 32.6 Å². The topological polar surface area (TPSA) is 70.2 Å². The number of aryl methyl sites for hydroxylation is 1. The number of carbonyl (C=O) groups excluding carboxylic acids is 1. The zero-order chi connectivity index (χ0) is 18.7. The molecular weight excluding hydrogens is 374 g/mol. The third-order valence-electron chi connectivity index (χ3n) is 3.69. The van der Waals surface area contributed by atoms with Gasteiger partial charge < -0.3 is 9.15 Å². The van der Waals surface area contributed by atoms with Crippen LogP contribution in [0.4, 0.5) is 0 Å². The molecule has 0 aliphatic rings. The van der Waals surface area contributed by atoms with Gasteiger partial charge in [-0.15, -0.1) is 10.2 Å². The molecule has 0 aliphatic heterocycles.